The zero-order valence-electron chi connectivity index (χ0n) is 14.5. The predicted octanol–water partition coefficient (Wildman–Crippen LogP) is 3.66. The van der Waals surface area contributed by atoms with Crippen LogP contribution in [-0.4, -0.2) is 35.7 Å². The standard InChI is InChI=1S/C19H28N2O2/c1-19(2,3)23-18(22)21-11-10-16(13-21)20-12-15-6-4-5-7-17(15)14-8-9-14/h4-7,14,16,20H,8-13H2,1-3H3. The number of nitrogens with one attached hydrogen (secondary N) is 1. The van der Waals surface area contributed by atoms with E-state index in [1.807, 2.05) is 25.7 Å². The maximum atomic E-state index is 12.1. The lowest BCUT2D eigenvalue weighted by Gasteiger charge is -2.24. The van der Waals surface area contributed by atoms with E-state index in [9.17, 15) is 4.79 Å². The molecule has 1 amide bonds. The summed E-state index contributed by atoms with van der Waals surface area (Å²) in [6.07, 6.45) is 3.45. The van der Waals surface area contributed by atoms with Crippen molar-refractivity contribution in [3.05, 3.63) is 35.4 Å². The van der Waals surface area contributed by atoms with Crippen molar-refractivity contribution < 1.29 is 9.53 Å². The van der Waals surface area contributed by atoms with Crippen molar-refractivity contribution in [1.29, 1.82) is 0 Å². The van der Waals surface area contributed by atoms with E-state index >= 15 is 0 Å². The minimum atomic E-state index is -0.425. The van der Waals surface area contributed by atoms with Crippen molar-refractivity contribution in [2.24, 2.45) is 0 Å². The van der Waals surface area contributed by atoms with Crippen LogP contribution in [0.1, 0.15) is 57.1 Å². The molecule has 2 aliphatic rings. The molecule has 3 rings (SSSR count). The van der Waals surface area contributed by atoms with Gasteiger partial charge >= 0.3 is 6.09 Å². The molecule has 1 atom stereocenters. The Morgan fingerprint density at radius 2 is 2.00 bits per heavy atom. The molecule has 1 heterocycles. The molecular weight excluding hydrogens is 288 g/mol. The lowest BCUT2D eigenvalue weighted by Crippen LogP contribution is -2.38. The van der Waals surface area contributed by atoms with Gasteiger partial charge in [0.15, 0.2) is 0 Å². The lowest BCUT2D eigenvalue weighted by atomic mass is 10.0. The van der Waals surface area contributed by atoms with Gasteiger partial charge in [-0.3, -0.25) is 0 Å². The Balaban J connectivity index is 1.50. The maximum absolute atomic E-state index is 12.1. The van der Waals surface area contributed by atoms with Gasteiger partial charge in [-0.2, -0.15) is 0 Å². The molecule has 0 spiro atoms. The fourth-order valence-electron chi connectivity index (χ4n) is 3.16. The van der Waals surface area contributed by atoms with E-state index < -0.39 is 5.60 Å². The second-order valence-corrected chi connectivity index (χ2v) is 7.77. The first kappa shape index (κ1) is 16.3. The third kappa shape index (κ3) is 4.47. The van der Waals surface area contributed by atoms with E-state index in [0.29, 0.717) is 6.04 Å². The highest BCUT2D eigenvalue weighted by Crippen LogP contribution is 2.41. The van der Waals surface area contributed by atoms with Gasteiger partial charge in [0, 0.05) is 25.7 Å². The molecule has 0 radical (unpaired) electrons. The van der Waals surface area contributed by atoms with Gasteiger partial charge in [-0.1, -0.05) is 24.3 Å². The Morgan fingerprint density at radius 1 is 1.26 bits per heavy atom. The minimum absolute atomic E-state index is 0.194. The molecule has 1 saturated heterocycles. The van der Waals surface area contributed by atoms with Crippen LogP contribution in [0, 0.1) is 0 Å². The molecule has 1 aromatic rings. The number of nitrogens with zero attached hydrogens (tertiary/aromatic N) is 1. The van der Waals surface area contributed by atoms with Crippen LogP contribution in [0.25, 0.3) is 0 Å². The molecular formula is C19H28N2O2. The second kappa shape index (κ2) is 6.52. The molecule has 0 bridgehead atoms. The van der Waals surface area contributed by atoms with Crippen molar-refractivity contribution in [1.82, 2.24) is 10.2 Å². The average Bonchev–Trinajstić information content (AvgIpc) is 3.21. The summed E-state index contributed by atoms with van der Waals surface area (Å²) in [4.78, 5) is 13.9. The third-order valence-electron chi connectivity index (χ3n) is 4.49. The van der Waals surface area contributed by atoms with Crippen LogP contribution in [0.5, 0.6) is 0 Å². The molecule has 1 saturated carbocycles. The Kier molecular flexibility index (Phi) is 4.62. The predicted molar refractivity (Wildman–Crippen MR) is 91.5 cm³/mol. The highest BCUT2D eigenvalue weighted by molar-refractivity contribution is 5.68. The first-order valence-corrected chi connectivity index (χ1v) is 8.71. The Labute approximate surface area is 139 Å². The molecule has 1 aliphatic carbocycles. The van der Waals surface area contributed by atoms with E-state index in [4.69, 9.17) is 4.74 Å². The van der Waals surface area contributed by atoms with Gasteiger partial charge in [0.2, 0.25) is 0 Å². The van der Waals surface area contributed by atoms with Gasteiger partial charge in [0.25, 0.3) is 0 Å². The van der Waals surface area contributed by atoms with Gasteiger partial charge in [0.1, 0.15) is 5.60 Å². The topological polar surface area (TPSA) is 41.6 Å². The first-order chi connectivity index (χ1) is 10.9. The normalized spacial score (nSPS) is 21.5. The number of carbonyl (C=O) groups excluding carboxylic acids is 1. The third-order valence-corrected chi connectivity index (χ3v) is 4.49. The Bertz CT molecular complexity index is 561. The van der Waals surface area contributed by atoms with Crippen LogP contribution in [0.2, 0.25) is 0 Å². The van der Waals surface area contributed by atoms with Crippen molar-refractivity contribution in [3.8, 4) is 0 Å². The zero-order chi connectivity index (χ0) is 16.4. The molecule has 2 fully saturated rings. The van der Waals surface area contributed by atoms with Crippen LogP contribution >= 0.6 is 0 Å². The maximum Gasteiger partial charge on any atom is 0.410 e. The van der Waals surface area contributed by atoms with Crippen LogP contribution in [0.4, 0.5) is 4.79 Å². The fourth-order valence-corrected chi connectivity index (χ4v) is 3.16. The van der Waals surface area contributed by atoms with Crippen LogP contribution in [0.3, 0.4) is 0 Å². The van der Waals surface area contributed by atoms with Gasteiger partial charge < -0.3 is 15.0 Å². The zero-order valence-corrected chi connectivity index (χ0v) is 14.5. The number of carbonyl (C=O) groups is 1. The van der Waals surface area contributed by atoms with Crippen molar-refractivity contribution in [2.75, 3.05) is 13.1 Å². The molecule has 4 heteroatoms. The largest absolute Gasteiger partial charge is 0.444 e. The number of benzene rings is 1. The SMILES string of the molecule is CC(C)(C)OC(=O)N1CCC(NCc2ccccc2C2CC2)C1. The van der Waals surface area contributed by atoms with Crippen molar-refractivity contribution in [2.45, 2.75) is 64.1 Å². The van der Waals surface area contributed by atoms with Gasteiger partial charge in [-0.05, 0) is 57.1 Å². The lowest BCUT2D eigenvalue weighted by molar-refractivity contribution is 0.0291. The summed E-state index contributed by atoms with van der Waals surface area (Å²) in [5.41, 5.74) is 2.49. The summed E-state index contributed by atoms with van der Waals surface area (Å²) < 4.78 is 5.45. The van der Waals surface area contributed by atoms with E-state index in [-0.39, 0.29) is 6.09 Å². The fraction of sp³-hybridized carbons (Fsp3) is 0.632. The van der Waals surface area contributed by atoms with Crippen LogP contribution in [-0.2, 0) is 11.3 Å². The smallest absolute Gasteiger partial charge is 0.410 e. The number of likely N-dealkylation sites (tertiary alicyclic amines) is 1. The second-order valence-electron chi connectivity index (χ2n) is 7.77. The molecule has 4 nitrogen and oxygen atoms in total. The van der Waals surface area contributed by atoms with Gasteiger partial charge in [0.05, 0.1) is 0 Å². The number of rotatable bonds is 4. The molecule has 1 aromatic carbocycles. The van der Waals surface area contributed by atoms with E-state index in [0.717, 1.165) is 32.0 Å². The summed E-state index contributed by atoms with van der Waals surface area (Å²) in [6.45, 7) is 8.12. The summed E-state index contributed by atoms with van der Waals surface area (Å²) in [5.74, 6) is 0.773. The van der Waals surface area contributed by atoms with E-state index in [2.05, 4.69) is 29.6 Å². The number of hydrogen-bond acceptors (Lipinski definition) is 3. The Morgan fingerprint density at radius 3 is 2.70 bits per heavy atom. The minimum Gasteiger partial charge on any atom is -0.444 e. The molecule has 1 aliphatic heterocycles. The van der Waals surface area contributed by atoms with Crippen LogP contribution in [0.15, 0.2) is 24.3 Å². The summed E-state index contributed by atoms with van der Waals surface area (Å²) in [5, 5.41) is 3.62. The molecule has 126 valence electrons. The molecule has 23 heavy (non-hydrogen) atoms. The highest BCUT2D eigenvalue weighted by Gasteiger charge is 2.30. The monoisotopic (exact) mass is 316 g/mol. The molecule has 1 unspecified atom stereocenters. The van der Waals surface area contributed by atoms with Crippen molar-refractivity contribution in [3.63, 3.8) is 0 Å². The average molecular weight is 316 g/mol. The van der Waals surface area contributed by atoms with Crippen molar-refractivity contribution >= 4 is 6.09 Å². The van der Waals surface area contributed by atoms with Gasteiger partial charge in [-0.25, -0.2) is 4.79 Å². The molecule has 0 aromatic heterocycles. The number of ether oxygens (including phenoxy) is 1. The Hall–Kier alpha value is -1.55. The first-order valence-electron chi connectivity index (χ1n) is 8.71. The van der Waals surface area contributed by atoms with Crippen LogP contribution < -0.4 is 5.32 Å². The van der Waals surface area contributed by atoms with Gasteiger partial charge in [-0.15, -0.1) is 0 Å². The highest BCUT2D eigenvalue weighted by atomic mass is 16.6. The number of hydrogen-bond donors (Lipinski definition) is 1. The summed E-state index contributed by atoms with van der Waals surface area (Å²) >= 11 is 0. The van der Waals surface area contributed by atoms with E-state index in [1.165, 1.54) is 24.0 Å². The summed E-state index contributed by atoms with van der Waals surface area (Å²) in [7, 11) is 0. The number of amides is 1. The summed E-state index contributed by atoms with van der Waals surface area (Å²) in [6, 6.07) is 9.09. The quantitative estimate of drug-likeness (QED) is 0.921. The molecule has 1 N–H and O–H groups in total. The van der Waals surface area contributed by atoms with E-state index in [1.54, 1.807) is 0 Å².